The third-order valence-electron chi connectivity index (χ3n) is 6.59. The molecular weight excluding hydrogens is 436 g/mol. The number of halogens is 1. The van der Waals surface area contributed by atoms with Crippen LogP contribution in [0.4, 0.5) is 11.8 Å². The average Bonchev–Trinajstić information content (AvgIpc) is 3.29. The molecule has 0 radical (unpaired) electrons. The minimum absolute atomic E-state index is 0.143. The Morgan fingerprint density at radius 1 is 1.18 bits per heavy atom. The summed E-state index contributed by atoms with van der Waals surface area (Å²) in [5, 5.41) is 1.17. The fraction of sp³-hybridized carbons (Fsp3) is 0.480. The highest BCUT2D eigenvalue weighted by molar-refractivity contribution is 6.31. The van der Waals surface area contributed by atoms with Gasteiger partial charge in [-0.3, -0.25) is 9.69 Å². The van der Waals surface area contributed by atoms with Gasteiger partial charge in [0.2, 0.25) is 5.95 Å². The van der Waals surface area contributed by atoms with Crippen molar-refractivity contribution in [3.63, 3.8) is 0 Å². The predicted molar refractivity (Wildman–Crippen MR) is 136 cm³/mol. The molecule has 0 bridgehead atoms. The minimum Gasteiger partial charge on any atom is -0.368 e. The number of nitrogens with two attached hydrogens (primary N) is 1. The minimum atomic E-state index is -0.143. The molecule has 1 aliphatic rings. The predicted octanol–water partition coefficient (Wildman–Crippen LogP) is 4.30. The standard InChI is InChI=1S/C25H33ClN6O/c1-4-7-17(2)30(3)23-22-21(28-25(27)29-23)10-13-32(24(22)33)16-19-9-8-18(14-20(19)26)15-31-11-5-6-12-31/h8-10,13-14,17H,4-7,11-12,15-16H2,1-3H3,(H2,27,28,29)/t17-/m1/s1. The molecule has 0 unspecified atom stereocenters. The van der Waals surface area contributed by atoms with Gasteiger partial charge in [0.25, 0.3) is 5.56 Å². The molecular formula is C25H33ClN6O. The van der Waals surface area contributed by atoms with Crippen LogP contribution in [0, 0.1) is 0 Å². The quantitative estimate of drug-likeness (QED) is 0.531. The molecule has 7 nitrogen and oxygen atoms in total. The van der Waals surface area contributed by atoms with Crippen molar-refractivity contribution in [1.29, 1.82) is 0 Å². The van der Waals surface area contributed by atoms with E-state index < -0.39 is 0 Å². The number of likely N-dealkylation sites (tertiary alicyclic amines) is 1. The summed E-state index contributed by atoms with van der Waals surface area (Å²) in [7, 11) is 1.95. The molecule has 0 amide bonds. The molecule has 176 valence electrons. The maximum atomic E-state index is 13.5. The maximum absolute atomic E-state index is 13.5. The monoisotopic (exact) mass is 468 g/mol. The zero-order valence-electron chi connectivity index (χ0n) is 19.7. The van der Waals surface area contributed by atoms with Crippen LogP contribution in [0.15, 0.2) is 35.3 Å². The summed E-state index contributed by atoms with van der Waals surface area (Å²) in [4.78, 5) is 26.7. The van der Waals surface area contributed by atoms with Gasteiger partial charge < -0.3 is 15.2 Å². The number of rotatable bonds is 8. The first-order chi connectivity index (χ1) is 15.9. The SMILES string of the molecule is CCC[C@@H](C)N(C)c1nc(N)nc2ccn(Cc3ccc(CN4CCCC4)cc3Cl)c(=O)c12. The molecule has 8 heteroatoms. The lowest BCUT2D eigenvalue weighted by atomic mass is 10.1. The van der Waals surface area contributed by atoms with Crippen LogP contribution < -0.4 is 16.2 Å². The number of benzene rings is 1. The maximum Gasteiger partial charge on any atom is 0.264 e. The van der Waals surface area contributed by atoms with Gasteiger partial charge in [-0.2, -0.15) is 4.98 Å². The van der Waals surface area contributed by atoms with Gasteiger partial charge in [0, 0.05) is 30.9 Å². The van der Waals surface area contributed by atoms with Crippen molar-refractivity contribution in [3.8, 4) is 0 Å². The number of anilines is 2. The van der Waals surface area contributed by atoms with E-state index in [0.29, 0.717) is 28.3 Å². The lowest BCUT2D eigenvalue weighted by Crippen LogP contribution is -2.32. The fourth-order valence-corrected chi connectivity index (χ4v) is 4.84. The van der Waals surface area contributed by atoms with E-state index in [9.17, 15) is 4.79 Å². The first kappa shape index (κ1) is 23.5. The number of aromatic nitrogens is 3. The van der Waals surface area contributed by atoms with E-state index in [0.717, 1.165) is 38.0 Å². The molecule has 3 heterocycles. The van der Waals surface area contributed by atoms with E-state index >= 15 is 0 Å². The summed E-state index contributed by atoms with van der Waals surface area (Å²) in [5.41, 5.74) is 8.49. The summed E-state index contributed by atoms with van der Waals surface area (Å²) in [6, 6.07) is 8.21. The highest BCUT2D eigenvalue weighted by Crippen LogP contribution is 2.25. The highest BCUT2D eigenvalue weighted by atomic mass is 35.5. The van der Waals surface area contributed by atoms with Gasteiger partial charge in [0.15, 0.2) is 0 Å². The lowest BCUT2D eigenvalue weighted by molar-refractivity contribution is 0.331. The zero-order valence-corrected chi connectivity index (χ0v) is 20.5. The molecule has 4 rings (SSSR count). The Morgan fingerprint density at radius 3 is 2.64 bits per heavy atom. The summed E-state index contributed by atoms with van der Waals surface area (Å²) in [6.45, 7) is 7.86. The molecule has 0 saturated carbocycles. The van der Waals surface area contributed by atoms with E-state index in [-0.39, 0.29) is 17.5 Å². The van der Waals surface area contributed by atoms with Crippen LogP contribution in [0.25, 0.3) is 10.9 Å². The number of hydrogen-bond acceptors (Lipinski definition) is 6. The van der Waals surface area contributed by atoms with Crippen LogP contribution in [-0.4, -0.2) is 45.6 Å². The van der Waals surface area contributed by atoms with Gasteiger partial charge in [-0.05, 0) is 62.5 Å². The summed E-state index contributed by atoms with van der Waals surface area (Å²) in [5.74, 6) is 0.742. The van der Waals surface area contributed by atoms with Gasteiger partial charge in [-0.1, -0.05) is 37.1 Å². The molecule has 1 saturated heterocycles. The average molecular weight is 469 g/mol. The Kier molecular flexibility index (Phi) is 7.20. The van der Waals surface area contributed by atoms with Gasteiger partial charge in [-0.25, -0.2) is 4.98 Å². The second-order valence-electron chi connectivity index (χ2n) is 9.07. The van der Waals surface area contributed by atoms with E-state index in [2.05, 4.69) is 34.8 Å². The largest absolute Gasteiger partial charge is 0.368 e. The van der Waals surface area contributed by atoms with Crippen LogP contribution in [-0.2, 0) is 13.1 Å². The second kappa shape index (κ2) is 10.1. The van der Waals surface area contributed by atoms with E-state index in [1.165, 1.54) is 18.4 Å². The van der Waals surface area contributed by atoms with Crippen molar-refractivity contribution in [1.82, 2.24) is 19.4 Å². The molecule has 0 spiro atoms. The van der Waals surface area contributed by atoms with Crippen molar-refractivity contribution >= 4 is 34.3 Å². The van der Waals surface area contributed by atoms with Crippen LogP contribution in [0.3, 0.4) is 0 Å². The van der Waals surface area contributed by atoms with Crippen molar-refractivity contribution in [2.24, 2.45) is 0 Å². The third kappa shape index (κ3) is 5.14. The van der Waals surface area contributed by atoms with E-state index in [4.69, 9.17) is 17.3 Å². The van der Waals surface area contributed by atoms with Crippen molar-refractivity contribution in [2.45, 2.75) is 58.7 Å². The molecule has 1 aromatic carbocycles. The van der Waals surface area contributed by atoms with Gasteiger partial charge in [0.05, 0.1) is 12.1 Å². The van der Waals surface area contributed by atoms with Crippen molar-refractivity contribution in [3.05, 3.63) is 57.0 Å². The number of nitrogen functional groups attached to an aromatic ring is 1. The summed E-state index contributed by atoms with van der Waals surface area (Å²) in [6.07, 6.45) is 6.31. The van der Waals surface area contributed by atoms with Gasteiger partial charge in [-0.15, -0.1) is 0 Å². The number of fused-ring (bicyclic) bond motifs is 1. The van der Waals surface area contributed by atoms with Gasteiger partial charge >= 0.3 is 0 Å². The highest BCUT2D eigenvalue weighted by Gasteiger charge is 2.19. The van der Waals surface area contributed by atoms with Crippen molar-refractivity contribution < 1.29 is 0 Å². The Bertz CT molecular complexity index is 1190. The molecule has 0 aliphatic carbocycles. The molecule has 1 atom stereocenters. The normalized spacial score (nSPS) is 15.3. The summed E-state index contributed by atoms with van der Waals surface area (Å²) < 4.78 is 1.67. The first-order valence-corrected chi connectivity index (χ1v) is 12.1. The number of nitrogens with zero attached hydrogens (tertiary/aromatic N) is 5. The Morgan fingerprint density at radius 2 is 1.94 bits per heavy atom. The molecule has 2 N–H and O–H groups in total. The Labute approximate surface area is 200 Å². The number of hydrogen-bond donors (Lipinski definition) is 1. The Hall–Kier alpha value is -2.64. The van der Waals surface area contributed by atoms with Crippen LogP contribution in [0.2, 0.25) is 5.02 Å². The summed E-state index contributed by atoms with van der Waals surface area (Å²) >= 11 is 6.63. The van der Waals surface area contributed by atoms with E-state index in [1.807, 2.05) is 30.1 Å². The Balaban J connectivity index is 1.66. The van der Waals surface area contributed by atoms with E-state index in [1.54, 1.807) is 10.8 Å². The molecule has 2 aromatic heterocycles. The smallest absolute Gasteiger partial charge is 0.264 e. The van der Waals surface area contributed by atoms with Crippen LogP contribution >= 0.6 is 11.6 Å². The first-order valence-electron chi connectivity index (χ1n) is 11.8. The number of pyridine rings is 1. The molecule has 33 heavy (non-hydrogen) atoms. The van der Waals surface area contributed by atoms with Gasteiger partial charge in [0.1, 0.15) is 11.2 Å². The lowest BCUT2D eigenvalue weighted by Gasteiger charge is -2.26. The molecule has 3 aromatic rings. The van der Waals surface area contributed by atoms with Crippen molar-refractivity contribution in [2.75, 3.05) is 30.8 Å². The van der Waals surface area contributed by atoms with Crippen LogP contribution in [0.5, 0.6) is 0 Å². The van der Waals surface area contributed by atoms with Crippen LogP contribution in [0.1, 0.15) is 50.7 Å². The zero-order chi connectivity index (χ0) is 23.5. The molecule has 1 fully saturated rings. The topological polar surface area (TPSA) is 80.3 Å². The second-order valence-corrected chi connectivity index (χ2v) is 9.48. The molecule has 1 aliphatic heterocycles. The third-order valence-corrected chi connectivity index (χ3v) is 6.94. The fourth-order valence-electron chi connectivity index (χ4n) is 4.58.